The molecule has 1 aromatic rings. The third-order valence-electron chi connectivity index (χ3n) is 3.84. The summed E-state index contributed by atoms with van der Waals surface area (Å²) in [6.07, 6.45) is 4.90. The summed E-state index contributed by atoms with van der Waals surface area (Å²) in [7, 11) is 1.82. The molecule has 1 atom stereocenters. The Hall–Kier alpha value is -0.780. The number of guanidine groups is 1. The summed E-state index contributed by atoms with van der Waals surface area (Å²) in [6, 6.07) is 7.30. The molecule has 0 aromatic heterocycles. The third-order valence-corrected chi connectivity index (χ3v) is 3.84. The summed E-state index contributed by atoms with van der Waals surface area (Å²) < 4.78 is 0. The lowest BCUT2D eigenvalue weighted by molar-refractivity contribution is 0.624. The van der Waals surface area contributed by atoms with Crippen LogP contribution < -0.4 is 10.6 Å². The molecule has 0 saturated heterocycles. The van der Waals surface area contributed by atoms with E-state index in [4.69, 9.17) is 0 Å². The van der Waals surface area contributed by atoms with E-state index in [-0.39, 0.29) is 24.0 Å². The quantitative estimate of drug-likeness (QED) is 0.473. The first-order valence-electron chi connectivity index (χ1n) is 7.30. The van der Waals surface area contributed by atoms with Gasteiger partial charge in [0.05, 0.1) is 0 Å². The average Bonchev–Trinajstić information content (AvgIpc) is 2.90. The van der Waals surface area contributed by atoms with Crippen molar-refractivity contribution in [1.29, 1.82) is 0 Å². The molecule has 2 N–H and O–H groups in total. The van der Waals surface area contributed by atoms with Crippen LogP contribution in [-0.4, -0.2) is 19.0 Å². The van der Waals surface area contributed by atoms with E-state index in [2.05, 4.69) is 47.7 Å². The molecule has 0 bridgehead atoms. The highest BCUT2D eigenvalue weighted by molar-refractivity contribution is 14.0. The van der Waals surface area contributed by atoms with E-state index in [0.29, 0.717) is 6.04 Å². The average molecular weight is 387 g/mol. The van der Waals surface area contributed by atoms with Crippen LogP contribution in [0.5, 0.6) is 0 Å². The predicted molar refractivity (Wildman–Crippen MR) is 97.0 cm³/mol. The largest absolute Gasteiger partial charge is 0.354 e. The van der Waals surface area contributed by atoms with Crippen molar-refractivity contribution in [2.75, 3.05) is 7.05 Å². The molecule has 0 amide bonds. The van der Waals surface area contributed by atoms with Crippen LogP contribution >= 0.6 is 24.0 Å². The third kappa shape index (κ3) is 4.65. The Labute approximate surface area is 139 Å². The second-order valence-corrected chi connectivity index (χ2v) is 5.34. The zero-order valence-corrected chi connectivity index (χ0v) is 15.0. The first-order valence-corrected chi connectivity index (χ1v) is 7.30. The molecule has 0 aliphatic heterocycles. The minimum Gasteiger partial charge on any atom is -0.354 e. The number of nitrogens with zero attached hydrogens (tertiary/aromatic N) is 1. The van der Waals surface area contributed by atoms with E-state index >= 15 is 0 Å². The van der Waals surface area contributed by atoms with Gasteiger partial charge in [0.15, 0.2) is 5.96 Å². The first-order chi connectivity index (χ1) is 9.22. The lowest BCUT2D eigenvalue weighted by atomic mass is 10.1. The van der Waals surface area contributed by atoms with Crippen molar-refractivity contribution in [2.24, 2.45) is 4.99 Å². The second-order valence-electron chi connectivity index (χ2n) is 5.34. The lowest BCUT2D eigenvalue weighted by Gasteiger charge is -2.16. The van der Waals surface area contributed by atoms with Crippen LogP contribution in [0.3, 0.4) is 0 Å². The van der Waals surface area contributed by atoms with E-state index in [1.165, 1.54) is 36.0 Å². The molecule has 0 saturated carbocycles. The van der Waals surface area contributed by atoms with Gasteiger partial charge in [-0.25, -0.2) is 0 Å². The normalized spacial score (nSPS) is 15.2. The highest BCUT2D eigenvalue weighted by atomic mass is 127. The summed E-state index contributed by atoms with van der Waals surface area (Å²) in [5.41, 5.74) is 4.41. The maximum atomic E-state index is 4.26. The predicted octanol–water partition coefficient (Wildman–Crippen LogP) is 3.26. The number of hydrogen-bond acceptors (Lipinski definition) is 1. The van der Waals surface area contributed by atoms with E-state index in [9.17, 15) is 0 Å². The summed E-state index contributed by atoms with van der Waals surface area (Å²) in [5.74, 6) is 0.884. The zero-order chi connectivity index (χ0) is 13.7. The van der Waals surface area contributed by atoms with Crippen molar-refractivity contribution in [3.8, 4) is 0 Å². The van der Waals surface area contributed by atoms with Gasteiger partial charge in [-0.1, -0.05) is 25.1 Å². The van der Waals surface area contributed by atoms with Gasteiger partial charge in [0.25, 0.3) is 0 Å². The van der Waals surface area contributed by atoms with E-state index in [1.54, 1.807) is 0 Å². The fourth-order valence-corrected chi connectivity index (χ4v) is 2.45. The Morgan fingerprint density at radius 3 is 2.75 bits per heavy atom. The zero-order valence-electron chi connectivity index (χ0n) is 12.7. The Kier molecular flexibility index (Phi) is 7.34. The highest BCUT2D eigenvalue weighted by Crippen LogP contribution is 2.22. The number of fused-ring (bicyclic) bond motifs is 1. The fraction of sp³-hybridized carbons (Fsp3) is 0.562. The van der Waals surface area contributed by atoms with E-state index in [1.807, 2.05) is 7.05 Å². The molecular formula is C16H26IN3. The number of aryl methyl sites for hydroxylation is 2. The van der Waals surface area contributed by atoms with Crippen molar-refractivity contribution in [1.82, 2.24) is 10.6 Å². The molecule has 1 aromatic carbocycles. The molecule has 0 spiro atoms. The summed E-state index contributed by atoms with van der Waals surface area (Å²) in [5, 5.41) is 6.76. The van der Waals surface area contributed by atoms with Gasteiger partial charge in [-0.15, -0.1) is 24.0 Å². The van der Waals surface area contributed by atoms with Crippen molar-refractivity contribution >= 4 is 29.9 Å². The van der Waals surface area contributed by atoms with Crippen LogP contribution in [0.2, 0.25) is 0 Å². The van der Waals surface area contributed by atoms with Gasteiger partial charge in [0, 0.05) is 19.6 Å². The van der Waals surface area contributed by atoms with Crippen LogP contribution in [0.15, 0.2) is 23.2 Å². The molecular weight excluding hydrogens is 361 g/mol. The van der Waals surface area contributed by atoms with Gasteiger partial charge in [0.2, 0.25) is 0 Å². The van der Waals surface area contributed by atoms with Crippen LogP contribution in [0.1, 0.15) is 43.4 Å². The number of aliphatic imine (C=N–C) groups is 1. The molecule has 1 unspecified atom stereocenters. The van der Waals surface area contributed by atoms with Gasteiger partial charge in [0.1, 0.15) is 0 Å². The lowest BCUT2D eigenvalue weighted by Crippen LogP contribution is -2.41. The summed E-state index contributed by atoms with van der Waals surface area (Å²) >= 11 is 0. The van der Waals surface area contributed by atoms with E-state index in [0.717, 1.165) is 18.9 Å². The molecule has 0 fully saturated rings. The first kappa shape index (κ1) is 17.3. The number of hydrogen-bond donors (Lipinski definition) is 2. The Morgan fingerprint density at radius 1 is 1.30 bits per heavy atom. The summed E-state index contributed by atoms with van der Waals surface area (Å²) in [4.78, 5) is 4.26. The maximum Gasteiger partial charge on any atom is 0.191 e. The minimum absolute atomic E-state index is 0. The Balaban J connectivity index is 0.00000200. The Bertz CT molecular complexity index is 457. The van der Waals surface area contributed by atoms with Crippen LogP contribution in [-0.2, 0) is 19.4 Å². The second kappa shape index (κ2) is 8.49. The standard InChI is InChI=1S/C16H25N3.HI/c1-4-12(2)19-16(17-3)18-11-13-8-9-14-6-5-7-15(14)10-13;/h8-10,12H,4-7,11H2,1-3H3,(H2,17,18,19);1H. The Morgan fingerprint density at radius 2 is 2.05 bits per heavy atom. The smallest absolute Gasteiger partial charge is 0.191 e. The van der Waals surface area contributed by atoms with Crippen molar-refractivity contribution in [3.05, 3.63) is 34.9 Å². The van der Waals surface area contributed by atoms with Crippen LogP contribution in [0.4, 0.5) is 0 Å². The fourth-order valence-electron chi connectivity index (χ4n) is 2.45. The summed E-state index contributed by atoms with van der Waals surface area (Å²) in [6.45, 7) is 5.18. The van der Waals surface area contributed by atoms with Crippen molar-refractivity contribution in [3.63, 3.8) is 0 Å². The minimum atomic E-state index is 0. The SMILES string of the molecule is CCC(C)NC(=NC)NCc1ccc2c(c1)CCC2.I. The molecule has 20 heavy (non-hydrogen) atoms. The molecule has 0 heterocycles. The molecule has 2 rings (SSSR count). The number of rotatable bonds is 4. The molecule has 1 aliphatic rings. The van der Waals surface area contributed by atoms with Gasteiger partial charge in [-0.05, 0) is 49.3 Å². The molecule has 1 aliphatic carbocycles. The number of halogens is 1. The topological polar surface area (TPSA) is 36.4 Å². The van der Waals surface area contributed by atoms with Gasteiger partial charge in [-0.3, -0.25) is 4.99 Å². The molecule has 0 radical (unpaired) electrons. The van der Waals surface area contributed by atoms with Crippen LogP contribution in [0.25, 0.3) is 0 Å². The number of nitrogens with one attached hydrogen (secondary N) is 2. The van der Waals surface area contributed by atoms with Crippen molar-refractivity contribution in [2.45, 2.75) is 52.1 Å². The molecule has 112 valence electrons. The van der Waals surface area contributed by atoms with E-state index < -0.39 is 0 Å². The molecule has 4 heteroatoms. The van der Waals surface area contributed by atoms with Gasteiger partial charge < -0.3 is 10.6 Å². The highest BCUT2D eigenvalue weighted by Gasteiger charge is 2.10. The monoisotopic (exact) mass is 387 g/mol. The van der Waals surface area contributed by atoms with Crippen LogP contribution in [0, 0.1) is 0 Å². The van der Waals surface area contributed by atoms with Gasteiger partial charge >= 0.3 is 0 Å². The van der Waals surface area contributed by atoms with Crippen molar-refractivity contribution < 1.29 is 0 Å². The van der Waals surface area contributed by atoms with Gasteiger partial charge in [-0.2, -0.15) is 0 Å². The number of benzene rings is 1. The molecule has 3 nitrogen and oxygen atoms in total. The maximum absolute atomic E-state index is 4.26.